The van der Waals surface area contributed by atoms with Gasteiger partial charge in [0.2, 0.25) is 0 Å². The van der Waals surface area contributed by atoms with Gasteiger partial charge in [0.15, 0.2) is 0 Å². The van der Waals surface area contributed by atoms with Gasteiger partial charge >= 0.3 is 0 Å². The van der Waals surface area contributed by atoms with E-state index in [0.717, 1.165) is 32.4 Å². The van der Waals surface area contributed by atoms with E-state index in [1.807, 2.05) is 12.4 Å². The minimum atomic E-state index is 0.580. The van der Waals surface area contributed by atoms with Crippen LogP contribution in [0.1, 0.15) is 38.4 Å². The maximum Gasteiger partial charge on any atom is 0.108 e. The molecule has 1 heterocycles. The molecule has 0 bridgehead atoms. The van der Waals surface area contributed by atoms with Crippen molar-refractivity contribution in [2.45, 2.75) is 45.1 Å². The molecule has 1 unspecified atom stereocenters. The number of hydrogen-bond acceptors (Lipinski definition) is 3. The number of ether oxygens (including phenoxy) is 1. The molecule has 1 atom stereocenters. The zero-order valence-electron chi connectivity index (χ0n) is 12.0. The number of nitrogens with zero attached hydrogens (tertiary/aromatic N) is 2. The maximum absolute atomic E-state index is 5.12. The average Bonchev–Trinajstić information content (AvgIpc) is 2.78. The molecule has 0 spiro atoms. The smallest absolute Gasteiger partial charge is 0.108 e. The number of imidazole rings is 1. The van der Waals surface area contributed by atoms with Crippen molar-refractivity contribution in [3.05, 3.63) is 18.2 Å². The molecule has 0 saturated carbocycles. The lowest BCUT2D eigenvalue weighted by atomic mass is 10.1. The number of hydrogen-bond donors (Lipinski definition) is 1. The van der Waals surface area contributed by atoms with Crippen molar-refractivity contribution in [1.29, 1.82) is 0 Å². The molecule has 1 N–H and O–H groups in total. The van der Waals surface area contributed by atoms with E-state index >= 15 is 0 Å². The van der Waals surface area contributed by atoms with Crippen LogP contribution in [-0.2, 0) is 18.2 Å². The lowest BCUT2D eigenvalue weighted by Crippen LogP contribution is -2.30. The van der Waals surface area contributed by atoms with Crippen LogP contribution in [0.25, 0.3) is 0 Å². The normalized spacial score (nSPS) is 12.8. The van der Waals surface area contributed by atoms with Gasteiger partial charge in [0.05, 0.1) is 0 Å². The molecule has 1 rings (SSSR count). The molecular formula is C14H27N3O. The SMILES string of the molecule is CCCNC(CCCOC)CCc1nccn1C. The Kier molecular flexibility index (Phi) is 7.69. The molecule has 4 nitrogen and oxygen atoms in total. The zero-order valence-corrected chi connectivity index (χ0v) is 12.0. The lowest BCUT2D eigenvalue weighted by Gasteiger charge is -2.18. The van der Waals surface area contributed by atoms with Crippen molar-refractivity contribution in [3.8, 4) is 0 Å². The Balaban J connectivity index is 2.32. The highest BCUT2D eigenvalue weighted by molar-refractivity contribution is 4.92. The Morgan fingerprint density at radius 2 is 2.28 bits per heavy atom. The van der Waals surface area contributed by atoms with E-state index in [9.17, 15) is 0 Å². The van der Waals surface area contributed by atoms with E-state index in [-0.39, 0.29) is 0 Å². The van der Waals surface area contributed by atoms with Gasteiger partial charge in [0.1, 0.15) is 5.82 Å². The van der Waals surface area contributed by atoms with Gasteiger partial charge in [-0.15, -0.1) is 0 Å². The van der Waals surface area contributed by atoms with Crippen LogP contribution in [0.15, 0.2) is 12.4 Å². The highest BCUT2D eigenvalue weighted by Crippen LogP contribution is 2.07. The van der Waals surface area contributed by atoms with Crippen molar-refractivity contribution in [1.82, 2.24) is 14.9 Å². The van der Waals surface area contributed by atoms with Crippen molar-refractivity contribution < 1.29 is 4.74 Å². The third-order valence-corrected chi connectivity index (χ3v) is 3.22. The second-order valence-electron chi connectivity index (χ2n) is 4.78. The monoisotopic (exact) mass is 253 g/mol. The average molecular weight is 253 g/mol. The van der Waals surface area contributed by atoms with Crippen LogP contribution >= 0.6 is 0 Å². The van der Waals surface area contributed by atoms with Crippen molar-refractivity contribution in [3.63, 3.8) is 0 Å². The molecule has 0 aliphatic rings. The first-order valence-corrected chi connectivity index (χ1v) is 6.96. The first kappa shape index (κ1) is 15.2. The lowest BCUT2D eigenvalue weighted by molar-refractivity contribution is 0.188. The molecular weight excluding hydrogens is 226 g/mol. The van der Waals surface area contributed by atoms with Crippen LogP contribution in [0.2, 0.25) is 0 Å². The van der Waals surface area contributed by atoms with E-state index in [4.69, 9.17) is 4.74 Å². The van der Waals surface area contributed by atoms with Crippen molar-refractivity contribution >= 4 is 0 Å². The number of aromatic nitrogens is 2. The first-order chi connectivity index (χ1) is 8.77. The van der Waals surface area contributed by atoms with Gasteiger partial charge in [0, 0.05) is 45.6 Å². The maximum atomic E-state index is 5.12. The molecule has 104 valence electrons. The Hall–Kier alpha value is -0.870. The quantitative estimate of drug-likeness (QED) is 0.649. The molecule has 0 aromatic carbocycles. The van der Waals surface area contributed by atoms with Crippen LogP contribution in [-0.4, -0.2) is 35.9 Å². The summed E-state index contributed by atoms with van der Waals surface area (Å²) in [7, 11) is 3.82. The van der Waals surface area contributed by atoms with E-state index in [1.54, 1.807) is 7.11 Å². The highest BCUT2D eigenvalue weighted by atomic mass is 16.5. The first-order valence-electron chi connectivity index (χ1n) is 6.96. The Morgan fingerprint density at radius 3 is 2.89 bits per heavy atom. The summed E-state index contributed by atoms with van der Waals surface area (Å²) in [6.07, 6.45) is 9.55. The molecule has 0 aliphatic heterocycles. The van der Waals surface area contributed by atoms with Gasteiger partial charge in [-0.25, -0.2) is 4.98 Å². The molecule has 0 aliphatic carbocycles. The molecule has 4 heteroatoms. The number of nitrogens with one attached hydrogen (secondary N) is 1. The summed E-state index contributed by atoms with van der Waals surface area (Å²) >= 11 is 0. The molecule has 1 aromatic rings. The van der Waals surface area contributed by atoms with Crippen LogP contribution in [0.4, 0.5) is 0 Å². The molecule has 0 amide bonds. The second kappa shape index (κ2) is 9.11. The number of aryl methyl sites for hydroxylation is 2. The fourth-order valence-corrected chi connectivity index (χ4v) is 2.11. The van der Waals surface area contributed by atoms with Gasteiger partial charge in [-0.2, -0.15) is 0 Å². The molecule has 0 radical (unpaired) electrons. The van der Waals surface area contributed by atoms with Crippen molar-refractivity contribution in [2.24, 2.45) is 7.05 Å². The summed E-state index contributed by atoms with van der Waals surface area (Å²) < 4.78 is 7.23. The summed E-state index contributed by atoms with van der Waals surface area (Å²) in [5.41, 5.74) is 0. The Bertz CT molecular complexity index is 312. The third kappa shape index (κ3) is 5.65. The Labute approximate surface area is 111 Å². The van der Waals surface area contributed by atoms with E-state index in [0.29, 0.717) is 6.04 Å². The summed E-state index contributed by atoms with van der Waals surface area (Å²) in [6, 6.07) is 0.580. The van der Waals surface area contributed by atoms with E-state index in [1.165, 1.54) is 18.7 Å². The van der Waals surface area contributed by atoms with E-state index in [2.05, 4.69) is 28.8 Å². The zero-order chi connectivity index (χ0) is 13.2. The summed E-state index contributed by atoms with van der Waals surface area (Å²) in [5.74, 6) is 1.17. The largest absolute Gasteiger partial charge is 0.385 e. The van der Waals surface area contributed by atoms with Gasteiger partial charge in [-0.3, -0.25) is 0 Å². The van der Waals surface area contributed by atoms with Crippen molar-refractivity contribution in [2.75, 3.05) is 20.3 Å². The van der Waals surface area contributed by atoms with Gasteiger partial charge in [-0.1, -0.05) is 6.92 Å². The molecule has 0 fully saturated rings. The van der Waals surface area contributed by atoms with Crippen LogP contribution in [0.5, 0.6) is 0 Å². The standard InChI is InChI=1S/C14H27N3O/c1-4-9-15-13(6-5-12-18-3)7-8-14-16-10-11-17(14)2/h10-11,13,15H,4-9,12H2,1-3H3. The molecule has 1 aromatic heterocycles. The number of rotatable bonds is 10. The minimum Gasteiger partial charge on any atom is -0.385 e. The summed E-state index contributed by atoms with van der Waals surface area (Å²) in [4.78, 5) is 4.37. The predicted octanol–water partition coefficient (Wildman–Crippen LogP) is 2.15. The fourth-order valence-electron chi connectivity index (χ4n) is 2.11. The molecule has 0 saturated heterocycles. The van der Waals surface area contributed by atoms with Crippen LogP contribution in [0.3, 0.4) is 0 Å². The second-order valence-corrected chi connectivity index (χ2v) is 4.78. The molecule has 18 heavy (non-hydrogen) atoms. The topological polar surface area (TPSA) is 39.1 Å². The van der Waals surface area contributed by atoms with Gasteiger partial charge < -0.3 is 14.6 Å². The van der Waals surface area contributed by atoms with E-state index < -0.39 is 0 Å². The highest BCUT2D eigenvalue weighted by Gasteiger charge is 2.09. The van der Waals surface area contributed by atoms with Gasteiger partial charge in [0.25, 0.3) is 0 Å². The summed E-state index contributed by atoms with van der Waals surface area (Å²) in [6.45, 7) is 4.16. The number of methoxy groups -OCH3 is 1. The predicted molar refractivity (Wildman–Crippen MR) is 74.7 cm³/mol. The third-order valence-electron chi connectivity index (χ3n) is 3.22. The summed E-state index contributed by atoms with van der Waals surface area (Å²) in [5, 5.41) is 3.62. The Morgan fingerprint density at radius 1 is 1.44 bits per heavy atom. The van der Waals surface area contributed by atoms with Gasteiger partial charge in [-0.05, 0) is 32.2 Å². The fraction of sp³-hybridized carbons (Fsp3) is 0.786. The van der Waals surface area contributed by atoms with Crippen LogP contribution < -0.4 is 5.32 Å². The minimum absolute atomic E-state index is 0.580. The van der Waals surface area contributed by atoms with Crippen LogP contribution in [0, 0.1) is 0 Å².